The van der Waals surface area contributed by atoms with Gasteiger partial charge in [0.2, 0.25) is 6.79 Å². The zero-order valence-corrected chi connectivity index (χ0v) is 14.8. The summed E-state index contributed by atoms with van der Waals surface area (Å²) in [7, 11) is 0. The topological polar surface area (TPSA) is 59.0 Å². The average Bonchev–Trinajstić information content (AvgIpc) is 3.28. The summed E-state index contributed by atoms with van der Waals surface area (Å²) in [5.74, 6) is 0.581. The van der Waals surface area contributed by atoms with Crippen LogP contribution >= 0.6 is 0 Å². The van der Waals surface area contributed by atoms with Gasteiger partial charge in [-0.3, -0.25) is 4.79 Å². The Morgan fingerprint density at radius 3 is 2.64 bits per heavy atom. The highest BCUT2D eigenvalue weighted by Crippen LogP contribution is 2.44. The Morgan fingerprint density at radius 1 is 1.04 bits per heavy atom. The van der Waals surface area contributed by atoms with Crippen LogP contribution < -0.4 is 14.4 Å². The molecule has 1 unspecified atom stereocenters. The number of fused-ring (bicyclic) bond motifs is 2. The first-order valence-electron chi connectivity index (χ1n) is 8.88. The maximum Gasteiger partial charge on any atom is 0.260 e. The predicted molar refractivity (Wildman–Crippen MR) is 101 cm³/mol. The van der Waals surface area contributed by atoms with Crippen LogP contribution in [0.5, 0.6) is 11.5 Å². The van der Waals surface area contributed by atoms with Gasteiger partial charge in [-0.25, -0.2) is 4.39 Å². The van der Waals surface area contributed by atoms with Crippen LogP contribution in [-0.2, 0) is 11.3 Å². The van der Waals surface area contributed by atoms with E-state index in [1.54, 1.807) is 12.1 Å². The third-order valence-electron chi connectivity index (χ3n) is 5.08. The molecule has 6 heteroatoms. The lowest BCUT2D eigenvalue weighted by Crippen LogP contribution is -2.28. The minimum absolute atomic E-state index is 0.179. The number of aliphatic hydroxyl groups is 1. The minimum Gasteiger partial charge on any atom is -0.454 e. The third kappa shape index (κ3) is 2.61. The van der Waals surface area contributed by atoms with Gasteiger partial charge in [0.05, 0.1) is 12.2 Å². The molecule has 0 aromatic heterocycles. The van der Waals surface area contributed by atoms with Crippen LogP contribution in [0, 0.1) is 5.82 Å². The van der Waals surface area contributed by atoms with Crippen molar-refractivity contribution in [3.8, 4) is 22.6 Å². The Labute approximate surface area is 160 Å². The van der Waals surface area contributed by atoms with Gasteiger partial charge in [-0.15, -0.1) is 0 Å². The number of amides is 1. The zero-order chi connectivity index (χ0) is 19.3. The summed E-state index contributed by atoms with van der Waals surface area (Å²) in [6, 6.07) is 17.0. The molecular formula is C22H16FNO4. The second-order valence-electron chi connectivity index (χ2n) is 6.76. The second-order valence-corrected chi connectivity index (χ2v) is 6.76. The van der Waals surface area contributed by atoms with Crippen LogP contribution in [0.3, 0.4) is 0 Å². The summed E-state index contributed by atoms with van der Waals surface area (Å²) in [4.78, 5) is 14.3. The van der Waals surface area contributed by atoms with Crippen LogP contribution in [-0.4, -0.2) is 17.8 Å². The van der Waals surface area contributed by atoms with Crippen molar-refractivity contribution in [2.24, 2.45) is 0 Å². The first-order chi connectivity index (χ1) is 13.6. The molecule has 0 saturated heterocycles. The molecule has 140 valence electrons. The molecule has 5 rings (SSSR count). The molecule has 5 nitrogen and oxygen atoms in total. The molecule has 28 heavy (non-hydrogen) atoms. The van der Waals surface area contributed by atoms with Gasteiger partial charge in [0.25, 0.3) is 5.91 Å². The van der Waals surface area contributed by atoms with E-state index >= 15 is 0 Å². The summed E-state index contributed by atoms with van der Waals surface area (Å²) in [6.07, 6.45) is -1.25. The number of nitrogens with zero attached hydrogens (tertiary/aromatic N) is 1. The van der Waals surface area contributed by atoms with Gasteiger partial charge in [0.15, 0.2) is 17.6 Å². The first-order valence-corrected chi connectivity index (χ1v) is 8.88. The van der Waals surface area contributed by atoms with Gasteiger partial charge in [-0.1, -0.05) is 30.3 Å². The van der Waals surface area contributed by atoms with E-state index in [-0.39, 0.29) is 19.2 Å². The van der Waals surface area contributed by atoms with E-state index in [0.29, 0.717) is 22.7 Å². The van der Waals surface area contributed by atoms with Gasteiger partial charge in [-0.2, -0.15) is 0 Å². The van der Waals surface area contributed by atoms with Crippen molar-refractivity contribution in [3.05, 3.63) is 77.6 Å². The first kappa shape index (κ1) is 16.8. The molecule has 2 aliphatic rings. The number of benzene rings is 3. The number of halogens is 1. The fourth-order valence-corrected chi connectivity index (χ4v) is 3.72. The normalized spacial score (nSPS) is 17.1. The van der Waals surface area contributed by atoms with Gasteiger partial charge >= 0.3 is 0 Å². The van der Waals surface area contributed by atoms with E-state index in [9.17, 15) is 14.3 Å². The molecule has 0 radical (unpaired) electrons. The zero-order valence-electron chi connectivity index (χ0n) is 14.8. The number of anilines is 1. The van der Waals surface area contributed by atoms with Crippen LogP contribution in [0.4, 0.5) is 10.1 Å². The fraction of sp³-hybridized carbons (Fsp3) is 0.136. The van der Waals surface area contributed by atoms with Crippen LogP contribution in [0.2, 0.25) is 0 Å². The standard InChI is InChI=1S/C22H16FNO4/c23-15-7-4-13(5-8-15)11-24-17-3-1-2-16(20(17)21(25)22(24)26)14-6-9-18-19(10-14)28-12-27-18/h1-10,21,25H,11-12H2. The maximum absolute atomic E-state index is 13.2. The quantitative estimate of drug-likeness (QED) is 0.754. The molecule has 3 aromatic carbocycles. The number of carbonyl (C=O) groups excluding carboxylic acids is 1. The molecule has 2 aliphatic heterocycles. The van der Waals surface area contributed by atoms with Crippen LogP contribution in [0.25, 0.3) is 11.1 Å². The Morgan fingerprint density at radius 2 is 1.82 bits per heavy atom. The van der Waals surface area contributed by atoms with E-state index in [2.05, 4.69) is 0 Å². The van der Waals surface area contributed by atoms with Crippen molar-refractivity contribution in [1.29, 1.82) is 0 Å². The highest BCUT2D eigenvalue weighted by atomic mass is 19.1. The number of hydrogen-bond acceptors (Lipinski definition) is 4. The van der Waals surface area contributed by atoms with Gasteiger partial charge in [0, 0.05) is 5.56 Å². The van der Waals surface area contributed by atoms with Crippen LogP contribution in [0.1, 0.15) is 17.2 Å². The summed E-state index contributed by atoms with van der Waals surface area (Å²) in [6.45, 7) is 0.437. The molecule has 1 N–H and O–H groups in total. The lowest BCUT2D eigenvalue weighted by Gasteiger charge is -2.18. The summed E-state index contributed by atoms with van der Waals surface area (Å²) >= 11 is 0. The number of ether oxygens (including phenoxy) is 2. The Balaban J connectivity index is 1.56. The van der Waals surface area contributed by atoms with E-state index in [4.69, 9.17) is 9.47 Å². The van der Waals surface area contributed by atoms with Gasteiger partial charge in [0.1, 0.15) is 5.82 Å². The van der Waals surface area contributed by atoms with Crippen molar-refractivity contribution < 1.29 is 23.8 Å². The highest BCUT2D eigenvalue weighted by Gasteiger charge is 2.38. The van der Waals surface area contributed by atoms with E-state index in [0.717, 1.165) is 16.7 Å². The molecule has 0 aliphatic carbocycles. The number of aliphatic hydroxyl groups excluding tert-OH is 1. The molecule has 2 heterocycles. The molecule has 1 amide bonds. The molecule has 0 saturated carbocycles. The van der Waals surface area contributed by atoms with E-state index in [1.807, 2.05) is 36.4 Å². The van der Waals surface area contributed by atoms with Crippen molar-refractivity contribution >= 4 is 11.6 Å². The molecule has 1 atom stereocenters. The van der Waals surface area contributed by atoms with E-state index in [1.165, 1.54) is 17.0 Å². The minimum atomic E-state index is -1.25. The summed E-state index contributed by atoms with van der Waals surface area (Å²) in [5, 5.41) is 10.7. The summed E-state index contributed by atoms with van der Waals surface area (Å²) in [5.41, 5.74) is 3.59. The molecular weight excluding hydrogens is 361 g/mol. The monoisotopic (exact) mass is 377 g/mol. The van der Waals surface area contributed by atoms with Crippen molar-refractivity contribution in [3.63, 3.8) is 0 Å². The molecule has 0 bridgehead atoms. The number of rotatable bonds is 3. The lowest BCUT2D eigenvalue weighted by atomic mass is 9.96. The SMILES string of the molecule is O=C1C(O)c2c(-c3ccc4c(c3)OCO4)cccc2N1Cc1ccc(F)cc1. The Kier molecular flexibility index (Phi) is 3.80. The van der Waals surface area contributed by atoms with Crippen LogP contribution in [0.15, 0.2) is 60.7 Å². The largest absolute Gasteiger partial charge is 0.454 e. The summed E-state index contributed by atoms with van der Waals surface area (Å²) < 4.78 is 24.0. The predicted octanol–water partition coefficient (Wildman–Crippen LogP) is 3.80. The second kappa shape index (κ2) is 6.35. The maximum atomic E-state index is 13.2. The highest BCUT2D eigenvalue weighted by molar-refractivity contribution is 6.06. The Hall–Kier alpha value is -3.38. The average molecular weight is 377 g/mol. The number of hydrogen-bond donors (Lipinski definition) is 1. The van der Waals surface area contributed by atoms with Gasteiger partial charge < -0.3 is 19.5 Å². The number of carbonyl (C=O) groups is 1. The fourth-order valence-electron chi connectivity index (χ4n) is 3.72. The van der Waals surface area contributed by atoms with E-state index < -0.39 is 12.0 Å². The third-order valence-corrected chi connectivity index (χ3v) is 5.08. The van der Waals surface area contributed by atoms with Crippen molar-refractivity contribution in [2.45, 2.75) is 12.6 Å². The Bertz CT molecular complexity index is 1080. The smallest absolute Gasteiger partial charge is 0.260 e. The van der Waals surface area contributed by atoms with Gasteiger partial charge in [-0.05, 0) is 47.0 Å². The molecule has 0 spiro atoms. The molecule has 3 aromatic rings. The van der Waals surface area contributed by atoms with Crippen molar-refractivity contribution in [1.82, 2.24) is 0 Å². The molecule has 0 fully saturated rings. The lowest BCUT2D eigenvalue weighted by molar-refractivity contribution is -0.125. The van der Waals surface area contributed by atoms with Crippen molar-refractivity contribution in [2.75, 3.05) is 11.7 Å².